The van der Waals surface area contributed by atoms with Crippen molar-refractivity contribution in [3.63, 3.8) is 0 Å². The summed E-state index contributed by atoms with van der Waals surface area (Å²) in [5, 5.41) is 20.0. The Hall–Kier alpha value is -0.850. The van der Waals surface area contributed by atoms with Gasteiger partial charge < -0.3 is 24.6 Å². The normalized spacial score (nSPS) is 18.3. The van der Waals surface area contributed by atoms with E-state index in [0.717, 1.165) is 31.7 Å². The maximum Gasteiger partial charge on any atom is 0.119 e. The zero-order chi connectivity index (χ0) is 15.8. The third-order valence-electron chi connectivity index (χ3n) is 3.65. The van der Waals surface area contributed by atoms with E-state index < -0.39 is 6.10 Å². The minimum atomic E-state index is -0.509. The lowest BCUT2D eigenvalue weighted by Crippen LogP contribution is -2.41. The topological polar surface area (TPSA) is 62.2 Å². The third kappa shape index (κ3) is 6.50. The monoisotopic (exact) mass is 329 g/mol. The highest BCUT2D eigenvalue weighted by Gasteiger charge is 2.19. The number of benzene rings is 1. The molecule has 0 amide bonds. The molecule has 0 saturated carbocycles. The van der Waals surface area contributed by atoms with Crippen LogP contribution in [0.3, 0.4) is 0 Å². The third-order valence-corrected chi connectivity index (χ3v) is 3.90. The van der Waals surface area contributed by atoms with Crippen molar-refractivity contribution in [2.75, 3.05) is 39.5 Å². The summed E-state index contributed by atoms with van der Waals surface area (Å²) < 4.78 is 10.9. The molecule has 0 bridgehead atoms. The second-order valence-corrected chi connectivity index (χ2v) is 6.00. The van der Waals surface area contributed by atoms with Gasteiger partial charge in [0.15, 0.2) is 0 Å². The molecule has 1 atom stereocenters. The number of piperidine rings is 1. The number of nitrogens with zero attached hydrogens (tertiary/aromatic N) is 1. The van der Waals surface area contributed by atoms with E-state index in [1.54, 1.807) is 12.1 Å². The van der Waals surface area contributed by atoms with Crippen molar-refractivity contribution in [1.29, 1.82) is 0 Å². The predicted molar refractivity (Wildman–Crippen MR) is 85.5 cm³/mol. The summed E-state index contributed by atoms with van der Waals surface area (Å²) in [6.45, 7) is 3.41. The highest BCUT2D eigenvalue weighted by molar-refractivity contribution is 6.30. The number of rotatable bonds is 8. The van der Waals surface area contributed by atoms with Crippen molar-refractivity contribution in [1.82, 2.24) is 4.90 Å². The fourth-order valence-corrected chi connectivity index (χ4v) is 2.55. The van der Waals surface area contributed by atoms with Crippen LogP contribution in [0.2, 0.25) is 5.02 Å². The van der Waals surface area contributed by atoms with Gasteiger partial charge in [-0.15, -0.1) is 0 Å². The number of likely N-dealkylation sites (tertiary alicyclic amines) is 1. The van der Waals surface area contributed by atoms with E-state index in [1.165, 1.54) is 0 Å². The van der Waals surface area contributed by atoms with E-state index in [4.69, 9.17) is 21.1 Å². The van der Waals surface area contributed by atoms with Crippen LogP contribution in [0.25, 0.3) is 0 Å². The molecule has 124 valence electrons. The van der Waals surface area contributed by atoms with Crippen molar-refractivity contribution in [3.8, 4) is 5.75 Å². The maximum atomic E-state index is 9.93. The average molecular weight is 330 g/mol. The first kappa shape index (κ1) is 17.5. The number of hydrogen-bond acceptors (Lipinski definition) is 5. The van der Waals surface area contributed by atoms with Crippen LogP contribution in [0.4, 0.5) is 0 Å². The molecule has 0 unspecified atom stereocenters. The molecule has 22 heavy (non-hydrogen) atoms. The molecule has 0 spiro atoms. The minimum Gasteiger partial charge on any atom is -0.491 e. The molecule has 6 heteroatoms. The Balaban J connectivity index is 1.51. The lowest BCUT2D eigenvalue weighted by Gasteiger charge is -2.30. The van der Waals surface area contributed by atoms with E-state index in [9.17, 15) is 10.2 Å². The first-order valence-electron chi connectivity index (χ1n) is 7.68. The van der Waals surface area contributed by atoms with Gasteiger partial charge in [-0.3, -0.25) is 0 Å². The Morgan fingerprint density at radius 1 is 1.18 bits per heavy atom. The standard InChI is InChI=1S/C16H24ClNO4/c17-13-1-3-16(4-2-13)22-10-9-21-12-15(20)11-18-7-5-14(19)6-8-18/h1-4,14-15,19-20H,5-12H2/t15-/m1/s1. The molecule has 5 nitrogen and oxygen atoms in total. The predicted octanol–water partition coefficient (Wildman–Crippen LogP) is 1.55. The molecule has 2 N–H and O–H groups in total. The highest BCUT2D eigenvalue weighted by atomic mass is 35.5. The van der Waals surface area contributed by atoms with Crippen molar-refractivity contribution >= 4 is 11.6 Å². The molecule has 1 saturated heterocycles. The van der Waals surface area contributed by atoms with Crippen molar-refractivity contribution in [2.24, 2.45) is 0 Å². The average Bonchev–Trinajstić information content (AvgIpc) is 2.51. The lowest BCUT2D eigenvalue weighted by molar-refractivity contribution is -0.00351. The number of hydrogen-bond donors (Lipinski definition) is 2. The van der Waals surface area contributed by atoms with E-state index in [0.29, 0.717) is 31.4 Å². The molecule has 1 aromatic carbocycles. The van der Waals surface area contributed by atoms with E-state index >= 15 is 0 Å². The first-order valence-corrected chi connectivity index (χ1v) is 8.06. The van der Waals surface area contributed by atoms with E-state index in [-0.39, 0.29) is 6.10 Å². The molecular weight excluding hydrogens is 306 g/mol. The summed E-state index contributed by atoms with van der Waals surface area (Å²) >= 11 is 5.79. The van der Waals surface area contributed by atoms with Gasteiger partial charge in [-0.2, -0.15) is 0 Å². The van der Waals surface area contributed by atoms with Crippen LogP contribution in [0, 0.1) is 0 Å². The van der Waals surface area contributed by atoms with Crippen molar-refractivity contribution in [3.05, 3.63) is 29.3 Å². The van der Waals surface area contributed by atoms with Crippen LogP contribution in [0.15, 0.2) is 24.3 Å². The van der Waals surface area contributed by atoms with Gasteiger partial charge in [0.1, 0.15) is 12.4 Å². The number of ether oxygens (including phenoxy) is 2. The number of aliphatic hydroxyl groups excluding tert-OH is 2. The Labute approximate surface area is 136 Å². The van der Waals surface area contributed by atoms with E-state index in [1.807, 2.05) is 12.1 Å². The van der Waals surface area contributed by atoms with Crippen LogP contribution >= 0.6 is 11.6 Å². The number of β-amino-alcohol motifs (C(OH)–C–C–N with tert-alkyl or cyclic N) is 1. The van der Waals surface area contributed by atoms with Gasteiger partial charge in [-0.05, 0) is 37.1 Å². The van der Waals surface area contributed by atoms with Gasteiger partial charge in [0.05, 0.1) is 25.4 Å². The summed E-state index contributed by atoms with van der Waals surface area (Å²) in [6.07, 6.45) is 0.866. The Kier molecular flexibility index (Phi) is 7.42. The van der Waals surface area contributed by atoms with Crippen LogP contribution in [-0.4, -0.2) is 66.8 Å². The molecule has 1 heterocycles. The zero-order valence-electron chi connectivity index (χ0n) is 12.7. The van der Waals surface area contributed by atoms with Gasteiger partial charge >= 0.3 is 0 Å². The number of halogens is 1. The van der Waals surface area contributed by atoms with Crippen molar-refractivity contribution in [2.45, 2.75) is 25.0 Å². The Morgan fingerprint density at radius 2 is 1.86 bits per heavy atom. The van der Waals surface area contributed by atoms with Gasteiger partial charge in [-0.25, -0.2) is 0 Å². The summed E-state index contributed by atoms with van der Waals surface area (Å²) in [4.78, 5) is 2.16. The molecule has 0 radical (unpaired) electrons. The Bertz CT molecular complexity index is 421. The maximum absolute atomic E-state index is 9.93. The van der Waals surface area contributed by atoms with Gasteiger partial charge in [0.2, 0.25) is 0 Å². The first-order chi connectivity index (χ1) is 10.6. The summed E-state index contributed by atoms with van der Waals surface area (Å²) in [5.74, 6) is 0.750. The Morgan fingerprint density at radius 3 is 2.55 bits per heavy atom. The van der Waals surface area contributed by atoms with Gasteiger partial charge in [0.25, 0.3) is 0 Å². The van der Waals surface area contributed by atoms with Gasteiger partial charge in [-0.1, -0.05) is 11.6 Å². The molecule has 2 rings (SSSR count). The highest BCUT2D eigenvalue weighted by Crippen LogP contribution is 2.15. The van der Waals surface area contributed by atoms with Crippen LogP contribution in [-0.2, 0) is 4.74 Å². The van der Waals surface area contributed by atoms with Crippen LogP contribution in [0.1, 0.15) is 12.8 Å². The van der Waals surface area contributed by atoms with Crippen LogP contribution < -0.4 is 4.74 Å². The lowest BCUT2D eigenvalue weighted by atomic mass is 10.1. The molecule has 1 aliphatic rings. The second-order valence-electron chi connectivity index (χ2n) is 5.56. The quantitative estimate of drug-likeness (QED) is 0.709. The number of aliphatic hydroxyl groups is 2. The molecule has 0 aliphatic carbocycles. The zero-order valence-corrected chi connectivity index (χ0v) is 13.4. The fourth-order valence-electron chi connectivity index (χ4n) is 2.42. The smallest absolute Gasteiger partial charge is 0.119 e. The van der Waals surface area contributed by atoms with E-state index in [2.05, 4.69) is 4.90 Å². The molecular formula is C16H24ClNO4. The summed E-state index contributed by atoms with van der Waals surface area (Å²) in [6, 6.07) is 7.16. The molecule has 0 aromatic heterocycles. The van der Waals surface area contributed by atoms with Crippen LogP contribution in [0.5, 0.6) is 5.75 Å². The minimum absolute atomic E-state index is 0.186. The SMILES string of the molecule is OC1CCN(C[C@@H](O)COCCOc2ccc(Cl)cc2)CC1. The fraction of sp³-hybridized carbons (Fsp3) is 0.625. The summed E-state index contributed by atoms with van der Waals surface area (Å²) in [7, 11) is 0. The molecule has 1 aliphatic heterocycles. The molecule has 1 aromatic rings. The second kappa shape index (κ2) is 9.33. The molecule has 1 fully saturated rings. The summed E-state index contributed by atoms with van der Waals surface area (Å²) in [5.41, 5.74) is 0. The van der Waals surface area contributed by atoms with Gasteiger partial charge in [0, 0.05) is 24.7 Å². The van der Waals surface area contributed by atoms with Crippen molar-refractivity contribution < 1.29 is 19.7 Å². The largest absolute Gasteiger partial charge is 0.491 e.